The number of hydrogen-bond acceptors (Lipinski definition) is 3. The minimum Gasteiger partial charge on any atom is -0.384 e. The summed E-state index contributed by atoms with van der Waals surface area (Å²) in [6, 6.07) is 5.38. The van der Waals surface area contributed by atoms with Crippen LogP contribution in [0.4, 0.5) is 4.39 Å². The van der Waals surface area contributed by atoms with Crippen LogP contribution in [0.3, 0.4) is 0 Å². The fourth-order valence-electron chi connectivity index (χ4n) is 0.839. The molecule has 0 bridgehead atoms. The van der Waals surface area contributed by atoms with E-state index in [1.807, 2.05) is 0 Å². The molecule has 1 amide bonds. The first-order valence-electron chi connectivity index (χ1n) is 4.09. The van der Waals surface area contributed by atoms with E-state index in [-0.39, 0.29) is 18.3 Å². The van der Waals surface area contributed by atoms with Gasteiger partial charge in [-0.3, -0.25) is 4.79 Å². The van der Waals surface area contributed by atoms with Crippen LogP contribution >= 0.6 is 0 Å². The lowest BCUT2D eigenvalue weighted by Gasteiger charge is -2.00. The Labute approximate surface area is 85.5 Å². The molecule has 1 rings (SSSR count). The quantitative estimate of drug-likeness (QED) is 0.415. The summed E-state index contributed by atoms with van der Waals surface area (Å²) in [6.45, 7) is -0.345. The van der Waals surface area contributed by atoms with E-state index in [2.05, 4.69) is 9.99 Å². The molecule has 4 N–H and O–H groups in total. The van der Waals surface area contributed by atoms with Crippen LogP contribution in [0.25, 0.3) is 0 Å². The fraction of sp³-hybridized carbons (Fsp3) is 0.111. The number of amides is 1. The van der Waals surface area contributed by atoms with Gasteiger partial charge >= 0.3 is 0 Å². The molecule has 0 atom stereocenters. The average Bonchev–Trinajstić information content (AvgIpc) is 2.18. The zero-order chi connectivity index (χ0) is 11.3. The molecule has 1 aromatic rings. The molecule has 15 heavy (non-hydrogen) atoms. The van der Waals surface area contributed by atoms with Crippen molar-refractivity contribution < 1.29 is 14.0 Å². The number of carbonyl (C=O) groups is 1. The van der Waals surface area contributed by atoms with Crippen LogP contribution < -0.4 is 11.5 Å². The molecule has 6 heteroatoms. The lowest BCUT2D eigenvalue weighted by molar-refractivity contribution is -0.122. The first-order chi connectivity index (χ1) is 7.09. The van der Waals surface area contributed by atoms with Gasteiger partial charge in [0.25, 0.3) is 5.91 Å². The summed E-state index contributed by atoms with van der Waals surface area (Å²) >= 11 is 0. The Morgan fingerprint density at radius 3 is 2.47 bits per heavy atom. The van der Waals surface area contributed by atoms with Gasteiger partial charge in [0.1, 0.15) is 5.82 Å². The van der Waals surface area contributed by atoms with E-state index in [1.54, 1.807) is 0 Å². The van der Waals surface area contributed by atoms with E-state index >= 15 is 0 Å². The Morgan fingerprint density at radius 2 is 1.93 bits per heavy atom. The molecule has 0 aliphatic rings. The first-order valence-corrected chi connectivity index (χ1v) is 4.09. The van der Waals surface area contributed by atoms with Crippen molar-refractivity contribution in [3.63, 3.8) is 0 Å². The predicted octanol–water partition coefficient (Wildman–Crippen LogP) is -0.0521. The number of carbonyl (C=O) groups excluding carboxylic acids is 1. The van der Waals surface area contributed by atoms with Crippen LogP contribution in [-0.4, -0.2) is 18.3 Å². The Bertz CT molecular complexity index is 375. The molecule has 0 saturated heterocycles. The molecule has 0 aromatic heterocycles. The maximum Gasteiger partial charge on any atom is 0.258 e. The van der Waals surface area contributed by atoms with Crippen molar-refractivity contribution in [1.82, 2.24) is 0 Å². The standard InChI is InChI=1S/C9H10FN3O2/c10-7-3-1-6(2-4-7)9(12)13-15-5-8(11)14/h1-4H,5H2,(H2,11,14)(H2,12,13). The van der Waals surface area contributed by atoms with E-state index in [9.17, 15) is 9.18 Å². The maximum atomic E-state index is 12.5. The summed E-state index contributed by atoms with van der Waals surface area (Å²) in [6.07, 6.45) is 0. The minimum atomic E-state index is -0.648. The zero-order valence-corrected chi connectivity index (χ0v) is 7.81. The molecule has 0 aliphatic carbocycles. The van der Waals surface area contributed by atoms with Crippen LogP contribution in [0.1, 0.15) is 5.56 Å². The third-order valence-electron chi connectivity index (χ3n) is 1.51. The van der Waals surface area contributed by atoms with Gasteiger partial charge in [0.15, 0.2) is 12.4 Å². The van der Waals surface area contributed by atoms with Gasteiger partial charge in [0.05, 0.1) is 0 Å². The Hall–Kier alpha value is -2.11. The Balaban J connectivity index is 2.63. The number of nitrogens with zero attached hydrogens (tertiary/aromatic N) is 1. The van der Waals surface area contributed by atoms with Crippen LogP contribution in [-0.2, 0) is 9.63 Å². The summed E-state index contributed by atoms with van der Waals surface area (Å²) in [5.74, 6) is -0.966. The number of rotatable bonds is 4. The molecule has 80 valence electrons. The van der Waals surface area contributed by atoms with Crippen molar-refractivity contribution in [3.05, 3.63) is 35.6 Å². The summed E-state index contributed by atoms with van der Waals surface area (Å²) in [4.78, 5) is 14.8. The SMILES string of the molecule is NC(=O)CO/N=C(\N)c1ccc(F)cc1. The fourth-order valence-corrected chi connectivity index (χ4v) is 0.839. The molecule has 5 nitrogen and oxygen atoms in total. The molecule has 0 heterocycles. The van der Waals surface area contributed by atoms with Gasteiger partial charge in [-0.1, -0.05) is 5.16 Å². The third-order valence-corrected chi connectivity index (χ3v) is 1.51. The van der Waals surface area contributed by atoms with Crippen LogP contribution in [0, 0.1) is 5.82 Å². The van der Waals surface area contributed by atoms with Crippen molar-refractivity contribution >= 4 is 11.7 Å². The second-order valence-electron chi connectivity index (χ2n) is 2.72. The van der Waals surface area contributed by atoms with E-state index in [4.69, 9.17) is 11.5 Å². The molecule has 0 saturated carbocycles. The molecule has 0 unspecified atom stereocenters. The van der Waals surface area contributed by atoms with Gasteiger partial charge in [-0.2, -0.15) is 0 Å². The number of oxime groups is 1. The van der Waals surface area contributed by atoms with Crippen molar-refractivity contribution in [2.45, 2.75) is 0 Å². The van der Waals surface area contributed by atoms with Crippen molar-refractivity contribution in [2.24, 2.45) is 16.6 Å². The molecule has 0 aliphatic heterocycles. The molecule has 1 aromatic carbocycles. The number of amidine groups is 1. The van der Waals surface area contributed by atoms with Gasteiger partial charge in [0, 0.05) is 5.56 Å². The molecule has 0 fully saturated rings. The first kappa shape index (κ1) is 11.0. The van der Waals surface area contributed by atoms with E-state index in [0.29, 0.717) is 5.56 Å². The predicted molar refractivity (Wildman–Crippen MR) is 52.3 cm³/mol. The van der Waals surface area contributed by atoms with Crippen molar-refractivity contribution in [1.29, 1.82) is 0 Å². The number of hydrogen-bond donors (Lipinski definition) is 2. The van der Waals surface area contributed by atoms with Crippen LogP contribution in [0.15, 0.2) is 29.4 Å². The lowest BCUT2D eigenvalue weighted by atomic mass is 10.2. The minimum absolute atomic E-state index is 0.0521. The summed E-state index contributed by atoms with van der Waals surface area (Å²) < 4.78 is 12.5. The largest absolute Gasteiger partial charge is 0.384 e. The van der Waals surface area contributed by atoms with E-state index < -0.39 is 5.91 Å². The Kier molecular flexibility index (Phi) is 3.61. The summed E-state index contributed by atoms with van der Waals surface area (Å²) in [5, 5.41) is 3.44. The van der Waals surface area contributed by atoms with E-state index in [1.165, 1.54) is 24.3 Å². The van der Waals surface area contributed by atoms with Crippen LogP contribution in [0.5, 0.6) is 0 Å². The Morgan fingerprint density at radius 1 is 1.33 bits per heavy atom. The molecule has 0 radical (unpaired) electrons. The van der Waals surface area contributed by atoms with E-state index in [0.717, 1.165) is 0 Å². The van der Waals surface area contributed by atoms with Gasteiger partial charge in [0.2, 0.25) is 0 Å². The maximum absolute atomic E-state index is 12.5. The van der Waals surface area contributed by atoms with Gasteiger partial charge in [-0.05, 0) is 24.3 Å². The highest BCUT2D eigenvalue weighted by molar-refractivity contribution is 5.97. The number of nitrogens with two attached hydrogens (primary N) is 2. The topological polar surface area (TPSA) is 90.7 Å². The third kappa shape index (κ3) is 3.63. The molecular weight excluding hydrogens is 201 g/mol. The average molecular weight is 211 g/mol. The van der Waals surface area contributed by atoms with Gasteiger partial charge in [-0.15, -0.1) is 0 Å². The van der Waals surface area contributed by atoms with Crippen molar-refractivity contribution in [2.75, 3.05) is 6.61 Å². The smallest absolute Gasteiger partial charge is 0.258 e. The highest BCUT2D eigenvalue weighted by Crippen LogP contribution is 2.02. The number of primary amides is 1. The summed E-state index contributed by atoms with van der Waals surface area (Å²) in [5.41, 5.74) is 10.8. The summed E-state index contributed by atoms with van der Waals surface area (Å²) in [7, 11) is 0. The highest BCUT2D eigenvalue weighted by Gasteiger charge is 1.99. The van der Waals surface area contributed by atoms with Crippen molar-refractivity contribution in [3.8, 4) is 0 Å². The van der Waals surface area contributed by atoms with Crippen LogP contribution in [0.2, 0.25) is 0 Å². The zero-order valence-electron chi connectivity index (χ0n) is 7.81. The van der Waals surface area contributed by atoms with Gasteiger partial charge < -0.3 is 16.3 Å². The monoisotopic (exact) mass is 211 g/mol. The lowest BCUT2D eigenvalue weighted by Crippen LogP contribution is -2.19. The molecular formula is C9H10FN3O2. The second kappa shape index (κ2) is 4.94. The highest BCUT2D eigenvalue weighted by atomic mass is 19.1. The second-order valence-corrected chi connectivity index (χ2v) is 2.72. The molecule has 0 spiro atoms. The number of benzene rings is 1. The number of halogens is 1. The normalized spacial score (nSPS) is 11.1. The van der Waals surface area contributed by atoms with Gasteiger partial charge in [-0.25, -0.2) is 4.39 Å².